The van der Waals surface area contributed by atoms with Crippen LogP contribution in [0, 0.1) is 5.92 Å². The summed E-state index contributed by atoms with van der Waals surface area (Å²) >= 11 is 0. The van der Waals surface area contributed by atoms with Crippen LogP contribution in [0.5, 0.6) is 0 Å². The number of fused-ring (bicyclic) bond motifs is 2. The Morgan fingerprint density at radius 2 is 2.30 bits per heavy atom. The van der Waals surface area contributed by atoms with Gasteiger partial charge in [-0.3, -0.25) is 0 Å². The maximum Gasteiger partial charge on any atom is 0.0304 e. The highest BCUT2D eigenvalue weighted by molar-refractivity contribution is 5.23. The average Bonchev–Trinajstić information content (AvgIpc) is 2.44. The number of rotatable bonds is 1. The smallest absolute Gasteiger partial charge is 0.0304 e. The highest BCUT2D eigenvalue weighted by atomic mass is 15.1. The zero-order valence-corrected chi connectivity index (χ0v) is 6.80. The van der Waals surface area contributed by atoms with Crippen LogP contribution >= 0.6 is 0 Å². The molecule has 0 heterocycles. The van der Waals surface area contributed by atoms with Gasteiger partial charge in [-0.15, -0.1) is 0 Å². The van der Waals surface area contributed by atoms with Crippen LogP contribution in [0.1, 0.15) is 19.3 Å². The van der Waals surface area contributed by atoms with Crippen LogP contribution in [0.4, 0.5) is 0 Å². The van der Waals surface area contributed by atoms with Gasteiger partial charge >= 0.3 is 0 Å². The fraction of sp³-hybridized carbons (Fsp3) is 0.778. The van der Waals surface area contributed by atoms with E-state index in [-0.39, 0.29) is 0 Å². The minimum absolute atomic E-state index is 0.791. The summed E-state index contributed by atoms with van der Waals surface area (Å²) in [6.07, 6.45) is 6.61. The SMILES string of the molecule is CN(C)C1CC2CC=C1C2. The van der Waals surface area contributed by atoms with Crippen molar-refractivity contribution in [2.45, 2.75) is 25.3 Å². The molecule has 0 aromatic rings. The van der Waals surface area contributed by atoms with E-state index in [1.807, 2.05) is 0 Å². The summed E-state index contributed by atoms with van der Waals surface area (Å²) in [7, 11) is 4.37. The number of nitrogens with zero attached hydrogens (tertiary/aromatic N) is 1. The van der Waals surface area contributed by atoms with Crippen LogP contribution in [0.3, 0.4) is 0 Å². The zero-order valence-electron chi connectivity index (χ0n) is 6.80. The monoisotopic (exact) mass is 137 g/mol. The van der Waals surface area contributed by atoms with Crippen molar-refractivity contribution in [2.75, 3.05) is 14.1 Å². The zero-order chi connectivity index (χ0) is 7.14. The summed E-state index contributed by atoms with van der Waals surface area (Å²) < 4.78 is 0. The van der Waals surface area contributed by atoms with Gasteiger partial charge in [0.05, 0.1) is 0 Å². The van der Waals surface area contributed by atoms with Crippen molar-refractivity contribution in [3.63, 3.8) is 0 Å². The van der Waals surface area contributed by atoms with Crippen molar-refractivity contribution in [2.24, 2.45) is 5.92 Å². The van der Waals surface area contributed by atoms with Gasteiger partial charge in [-0.05, 0) is 39.3 Å². The van der Waals surface area contributed by atoms with Gasteiger partial charge in [0.2, 0.25) is 0 Å². The minimum Gasteiger partial charge on any atom is -0.303 e. The molecule has 1 heteroatoms. The van der Waals surface area contributed by atoms with Gasteiger partial charge in [0.1, 0.15) is 0 Å². The molecule has 0 radical (unpaired) electrons. The van der Waals surface area contributed by atoms with Crippen LogP contribution in [0.2, 0.25) is 0 Å². The summed E-state index contributed by atoms with van der Waals surface area (Å²) in [6, 6.07) is 0.791. The van der Waals surface area contributed by atoms with Gasteiger partial charge in [-0.1, -0.05) is 11.6 Å². The van der Waals surface area contributed by atoms with Gasteiger partial charge in [0.25, 0.3) is 0 Å². The molecule has 2 rings (SSSR count). The molecule has 0 amide bonds. The second-order valence-electron chi connectivity index (χ2n) is 3.80. The third-order valence-electron chi connectivity index (χ3n) is 2.85. The first-order valence-electron chi connectivity index (χ1n) is 4.12. The molecule has 0 N–H and O–H groups in total. The maximum absolute atomic E-state index is 2.44. The molecule has 0 spiro atoms. The number of allylic oxidation sites excluding steroid dienone is 1. The first-order chi connectivity index (χ1) is 4.77. The first-order valence-corrected chi connectivity index (χ1v) is 4.12. The molecule has 10 heavy (non-hydrogen) atoms. The summed E-state index contributed by atoms with van der Waals surface area (Å²) in [5.41, 5.74) is 1.70. The molecule has 1 saturated carbocycles. The summed E-state index contributed by atoms with van der Waals surface area (Å²) in [6.45, 7) is 0. The Balaban J connectivity index is 2.14. The molecular formula is C9H15N. The third kappa shape index (κ3) is 0.807. The molecule has 56 valence electrons. The lowest BCUT2D eigenvalue weighted by Crippen LogP contribution is -2.27. The van der Waals surface area contributed by atoms with Crippen molar-refractivity contribution < 1.29 is 0 Å². The lowest BCUT2D eigenvalue weighted by Gasteiger charge is -2.22. The van der Waals surface area contributed by atoms with Crippen molar-refractivity contribution in [1.29, 1.82) is 0 Å². The summed E-state index contributed by atoms with van der Waals surface area (Å²) in [5, 5.41) is 0. The Kier molecular flexibility index (Phi) is 1.34. The van der Waals surface area contributed by atoms with Crippen molar-refractivity contribution in [1.82, 2.24) is 4.90 Å². The Morgan fingerprint density at radius 1 is 1.50 bits per heavy atom. The predicted octanol–water partition coefficient (Wildman–Crippen LogP) is 1.66. The van der Waals surface area contributed by atoms with Crippen LogP contribution in [0.25, 0.3) is 0 Å². The van der Waals surface area contributed by atoms with Crippen LogP contribution in [0.15, 0.2) is 11.6 Å². The highest BCUT2D eigenvalue weighted by Gasteiger charge is 2.33. The van der Waals surface area contributed by atoms with Crippen molar-refractivity contribution in [3.05, 3.63) is 11.6 Å². The van der Waals surface area contributed by atoms with E-state index in [2.05, 4.69) is 25.1 Å². The Bertz CT molecular complexity index is 170. The van der Waals surface area contributed by atoms with Gasteiger partial charge in [-0.2, -0.15) is 0 Å². The van der Waals surface area contributed by atoms with E-state index in [0.717, 1.165) is 12.0 Å². The molecule has 1 nitrogen and oxygen atoms in total. The van der Waals surface area contributed by atoms with Crippen molar-refractivity contribution >= 4 is 0 Å². The molecule has 2 bridgehead atoms. The molecule has 2 atom stereocenters. The van der Waals surface area contributed by atoms with E-state index in [4.69, 9.17) is 0 Å². The highest BCUT2D eigenvalue weighted by Crippen LogP contribution is 2.41. The maximum atomic E-state index is 2.44. The van der Waals surface area contributed by atoms with Gasteiger partial charge in [-0.25, -0.2) is 0 Å². The van der Waals surface area contributed by atoms with E-state index in [9.17, 15) is 0 Å². The van der Waals surface area contributed by atoms with Gasteiger partial charge in [0.15, 0.2) is 0 Å². The number of likely N-dealkylation sites (N-methyl/N-ethyl adjacent to an activating group) is 1. The first kappa shape index (κ1) is 6.41. The van der Waals surface area contributed by atoms with E-state index in [0.29, 0.717) is 0 Å². The molecule has 0 aromatic heterocycles. The second kappa shape index (κ2) is 2.09. The molecule has 2 aliphatic carbocycles. The average molecular weight is 137 g/mol. The quantitative estimate of drug-likeness (QED) is 0.497. The number of hydrogen-bond acceptors (Lipinski definition) is 1. The van der Waals surface area contributed by atoms with Gasteiger partial charge in [0, 0.05) is 6.04 Å². The van der Waals surface area contributed by atoms with E-state index < -0.39 is 0 Å². The molecule has 1 fully saturated rings. The Labute approximate surface area is 62.7 Å². The Morgan fingerprint density at radius 3 is 2.60 bits per heavy atom. The summed E-state index contributed by atoms with van der Waals surface area (Å²) in [4.78, 5) is 2.35. The molecule has 0 saturated heterocycles. The van der Waals surface area contributed by atoms with Crippen LogP contribution in [-0.2, 0) is 0 Å². The lowest BCUT2D eigenvalue weighted by molar-refractivity contribution is 0.311. The molecule has 0 aromatic carbocycles. The van der Waals surface area contributed by atoms with Crippen LogP contribution < -0.4 is 0 Å². The van der Waals surface area contributed by atoms with E-state index in [1.165, 1.54) is 19.3 Å². The van der Waals surface area contributed by atoms with Gasteiger partial charge < -0.3 is 4.90 Å². The standard InChI is InChI=1S/C9H15N/c1-10(2)9-6-7-3-4-8(9)5-7/h4,7,9H,3,5-6H2,1-2H3. The topological polar surface area (TPSA) is 3.24 Å². The predicted molar refractivity (Wildman–Crippen MR) is 42.9 cm³/mol. The number of hydrogen-bond donors (Lipinski definition) is 0. The fourth-order valence-electron chi connectivity index (χ4n) is 2.28. The second-order valence-corrected chi connectivity index (χ2v) is 3.80. The molecular weight excluding hydrogens is 122 g/mol. The third-order valence-corrected chi connectivity index (χ3v) is 2.85. The summed E-state index contributed by atoms with van der Waals surface area (Å²) in [5.74, 6) is 1.00. The van der Waals surface area contributed by atoms with E-state index in [1.54, 1.807) is 5.57 Å². The van der Waals surface area contributed by atoms with E-state index >= 15 is 0 Å². The van der Waals surface area contributed by atoms with Crippen molar-refractivity contribution in [3.8, 4) is 0 Å². The Hall–Kier alpha value is -0.300. The largest absolute Gasteiger partial charge is 0.303 e. The van der Waals surface area contributed by atoms with Crippen LogP contribution in [-0.4, -0.2) is 25.0 Å². The lowest BCUT2D eigenvalue weighted by atomic mass is 10.0. The molecule has 0 aliphatic heterocycles. The normalized spacial score (nSPS) is 37.3. The minimum atomic E-state index is 0.791. The molecule has 2 aliphatic rings. The molecule has 2 unspecified atom stereocenters. The fourth-order valence-corrected chi connectivity index (χ4v) is 2.28.